The van der Waals surface area contributed by atoms with Crippen molar-refractivity contribution in [1.82, 2.24) is 0 Å². The van der Waals surface area contributed by atoms with Gasteiger partial charge in [0.15, 0.2) is 0 Å². The molecule has 1 amide bonds. The molecule has 1 fully saturated rings. The molecule has 1 aromatic rings. The van der Waals surface area contributed by atoms with E-state index < -0.39 is 0 Å². The Balaban J connectivity index is 1.59. The van der Waals surface area contributed by atoms with Gasteiger partial charge in [0, 0.05) is 16.1 Å². The molecule has 0 radical (unpaired) electrons. The third kappa shape index (κ3) is 5.82. The summed E-state index contributed by atoms with van der Waals surface area (Å²) < 4.78 is 1.04. The van der Waals surface area contributed by atoms with Gasteiger partial charge in [-0.3, -0.25) is 4.79 Å². The lowest BCUT2D eigenvalue weighted by Gasteiger charge is -2.05. The van der Waals surface area contributed by atoms with Crippen LogP contribution in [0, 0.1) is 11.8 Å². The zero-order chi connectivity index (χ0) is 15.1. The van der Waals surface area contributed by atoms with Crippen molar-refractivity contribution < 1.29 is 4.79 Å². The van der Waals surface area contributed by atoms with Crippen LogP contribution in [0.25, 0.3) is 0 Å². The van der Waals surface area contributed by atoms with Gasteiger partial charge in [0.2, 0.25) is 5.91 Å². The first kappa shape index (κ1) is 16.5. The van der Waals surface area contributed by atoms with Crippen molar-refractivity contribution in [1.29, 1.82) is 0 Å². The van der Waals surface area contributed by atoms with Gasteiger partial charge < -0.3 is 5.32 Å². The second-order valence-corrected chi connectivity index (χ2v) is 7.07. The quantitative estimate of drug-likeness (QED) is 0.561. The summed E-state index contributed by atoms with van der Waals surface area (Å²) in [6, 6.07) is 7.78. The molecule has 1 aliphatic rings. The smallest absolute Gasteiger partial charge is 0.227 e. The number of rotatable bonds is 9. The number of halogens is 1. The van der Waals surface area contributed by atoms with E-state index in [-0.39, 0.29) is 11.8 Å². The average molecular weight is 352 g/mol. The summed E-state index contributed by atoms with van der Waals surface area (Å²) in [4.78, 5) is 12.1. The Bertz CT molecular complexity index is 443. The molecule has 3 heteroatoms. The molecule has 1 saturated carbocycles. The molecule has 21 heavy (non-hydrogen) atoms. The Labute approximate surface area is 136 Å². The van der Waals surface area contributed by atoms with Gasteiger partial charge >= 0.3 is 0 Å². The van der Waals surface area contributed by atoms with Gasteiger partial charge in [-0.2, -0.15) is 0 Å². The lowest BCUT2D eigenvalue weighted by Crippen LogP contribution is -2.14. The second-order valence-electron chi connectivity index (χ2n) is 6.15. The molecule has 1 aromatic carbocycles. The monoisotopic (exact) mass is 351 g/mol. The fourth-order valence-corrected chi connectivity index (χ4v) is 3.11. The summed E-state index contributed by atoms with van der Waals surface area (Å²) in [6.45, 7) is 2.25. The highest BCUT2D eigenvalue weighted by molar-refractivity contribution is 9.10. The van der Waals surface area contributed by atoms with Crippen molar-refractivity contribution in [3.05, 3.63) is 28.7 Å². The van der Waals surface area contributed by atoms with Crippen LogP contribution in [0.2, 0.25) is 0 Å². The lowest BCUT2D eigenvalue weighted by atomic mass is 10.1. The Morgan fingerprint density at radius 3 is 2.52 bits per heavy atom. The molecule has 1 N–H and O–H groups in total. The molecule has 2 unspecified atom stereocenters. The van der Waals surface area contributed by atoms with E-state index in [0.717, 1.165) is 16.6 Å². The van der Waals surface area contributed by atoms with Crippen molar-refractivity contribution in [2.45, 2.75) is 58.3 Å². The van der Waals surface area contributed by atoms with Crippen LogP contribution in [-0.4, -0.2) is 5.91 Å². The van der Waals surface area contributed by atoms with E-state index in [1.54, 1.807) is 0 Å². The third-order valence-corrected chi connectivity index (χ3v) is 4.83. The minimum absolute atomic E-state index is 0.202. The maximum atomic E-state index is 12.1. The van der Waals surface area contributed by atoms with Crippen molar-refractivity contribution in [3.8, 4) is 0 Å². The van der Waals surface area contributed by atoms with Gasteiger partial charge in [0.05, 0.1) is 0 Å². The molecular weight excluding hydrogens is 326 g/mol. The van der Waals surface area contributed by atoms with Crippen molar-refractivity contribution in [3.63, 3.8) is 0 Å². The summed E-state index contributed by atoms with van der Waals surface area (Å²) in [5.74, 6) is 1.09. The van der Waals surface area contributed by atoms with Gasteiger partial charge in [-0.05, 0) is 43.0 Å². The lowest BCUT2D eigenvalue weighted by molar-refractivity contribution is -0.117. The Hall–Kier alpha value is -0.830. The van der Waals surface area contributed by atoms with Crippen LogP contribution < -0.4 is 5.32 Å². The van der Waals surface area contributed by atoms with Crippen LogP contribution in [-0.2, 0) is 4.79 Å². The minimum Gasteiger partial charge on any atom is -0.326 e. The van der Waals surface area contributed by atoms with E-state index in [1.165, 1.54) is 44.9 Å². The highest BCUT2D eigenvalue weighted by Gasteiger charge is 2.41. The maximum absolute atomic E-state index is 12.1. The summed E-state index contributed by atoms with van der Waals surface area (Å²) in [6.07, 6.45) is 10.3. The van der Waals surface area contributed by atoms with E-state index in [2.05, 4.69) is 28.2 Å². The van der Waals surface area contributed by atoms with Crippen LogP contribution in [0.5, 0.6) is 0 Å². The molecule has 0 aliphatic heterocycles. The van der Waals surface area contributed by atoms with Gasteiger partial charge in [0.25, 0.3) is 0 Å². The molecule has 2 rings (SSSR count). The normalized spacial score (nSPS) is 20.3. The predicted molar refractivity (Wildman–Crippen MR) is 92.4 cm³/mol. The summed E-state index contributed by atoms with van der Waals surface area (Å²) in [5, 5.41) is 3.02. The van der Waals surface area contributed by atoms with Crippen molar-refractivity contribution >= 4 is 27.5 Å². The Morgan fingerprint density at radius 1 is 1.14 bits per heavy atom. The van der Waals surface area contributed by atoms with Crippen LogP contribution in [0.3, 0.4) is 0 Å². The first-order chi connectivity index (χ1) is 10.2. The molecule has 0 spiro atoms. The summed E-state index contributed by atoms with van der Waals surface area (Å²) >= 11 is 3.40. The largest absolute Gasteiger partial charge is 0.326 e. The minimum atomic E-state index is 0.202. The highest BCUT2D eigenvalue weighted by Crippen LogP contribution is 2.43. The third-order valence-electron chi connectivity index (χ3n) is 4.30. The number of anilines is 1. The van der Waals surface area contributed by atoms with E-state index in [9.17, 15) is 4.79 Å². The standard InChI is InChI=1S/C18H26BrNO/c1-2-3-4-5-6-7-8-14-13-17(14)18(21)20-16-11-9-15(19)10-12-16/h9-12,14,17H,2-8,13H2,1H3,(H,20,21). The van der Waals surface area contributed by atoms with Crippen molar-refractivity contribution in [2.75, 3.05) is 5.32 Å². The number of hydrogen-bond acceptors (Lipinski definition) is 1. The molecule has 0 saturated heterocycles. The number of carbonyl (C=O) groups is 1. The predicted octanol–water partition coefficient (Wildman–Crippen LogP) is 5.77. The van der Waals surface area contributed by atoms with Crippen molar-refractivity contribution in [2.24, 2.45) is 11.8 Å². The SMILES string of the molecule is CCCCCCCCC1CC1C(=O)Nc1ccc(Br)cc1. The molecule has 2 nitrogen and oxygen atoms in total. The van der Waals surface area contributed by atoms with Crippen LogP contribution in [0.4, 0.5) is 5.69 Å². The number of nitrogens with one attached hydrogen (secondary N) is 1. The zero-order valence-corrected chi connectivity index (χ0v) is 14.5. The number of unbranched alkanes of at least 4 members (excludes halogenated alkanes) is 5. The maximum Gasteiger partial charge on any atom is 0.227 e. The van der Waals surface area contributed by atoms with Gasteiger partial charge in [-0.15, -0.1) is 0 Å². The molecule has 2 atom stereocenters. The van der Waals surface area contributed by atoms with E-state index in [0.29, 0.717) is 5.92 Å². The fraction of sp³-hybridized carbons (Fsp3) is 0.611. The first-order valence-electron chi connectivity index (χ1n) is 8.27. The molecule has 0 heterocycles. The van der Waals surface area contributed by atoms with Gasteiger partial charge in [0.1, 0.15) is 0 Å². The molecule has 116 valence electrons. The molecule has 0 aromatic heterocycles. The number of amides is 1. The van der Waals surface area contributed by atoms with E-state index in [1.807, 2.05) is 24.3 Å². The molecular formula is C18H26BrNO. The zero-order valence-electron chi connectivity index (χ0n) is 12.9. The number of carbonyl (C=O) groups excluding carboxylic acids is 1. The van der Waals surface area contributed by atoms with Crippen LogP contribution in [0.15, 0.2) is 28.7 Å². The summed E-state index contributed by atoms with van der Waals surface area (Å²) in [5.41, 5.74) is 0.897. The van der Waals surface area contributed by atoms with Gasteiger partial charge in [-0.1, -0.05) is 61.4 Å². The Kier molecular flexibility index (Phi) is 6.75. The van der Waals surface area contributed by atoms with Crippen LogP contribution in [0.1, 0.15) is 58.3 Å². The average Bonchev–Trinajstić information content (AvgIpc) is 3.25. The Morgan fingerprint density at radius 2 is 1.81 bits per heavy atom. The topological polar surface area (TPSA) is 29.1 Å². The first-order valence-corrected chi connectivity index (χ1v) is 9.06. The molecule has 0 bridgehead atoms. The number of hydrogen-bond donors (Lipinski definition) is 1. The van der Waals surface area contributed by atoms with E-state index >= 15 is 0 Å². The van der Waals surface area contributed by atoms with Gasteiger partial charge in [-0.25, -0.2) is 0 Å². The highest BCUT2D eigenvalue weighted by atomic mass is 79.9. The fourth-order valence-electron chi connectivity index (χ4n) is 2.84. The second kappa shape index (κ2) is 8.57. The van der Waals surface area contributed by atoms with Crippen LogP contribution >= 0.6 is 15.9 Å². The summed E-state index contributed by atoms with van der Waals surface area (Å²) in [7, 11) is 0. The van der Waals surface area contributed by atoms with E-state index in [4.69, 9.17) is 0 Å². The number of benzene rings is 1. The molecule has 1 aliphatic carbocycles.